The lowest BCUT2D eigenvalue weighted by molar-refractivity contribution is -0.139. The first kappa shape index (κ1) is 11.4. The van der Waals surface area contributed by atoms with Crippen molar-refractivity contribution in [2.24, 2.45) is 0 Å². The number of hydrogen-bond donors (Lipinski definition) is 1. The molecular weight excluding hydrogens is 243 g/mol. The van der Waals surface area contributed by atoms with E-state index in [4.69, 9.17) is 16.3 Å². The molecule has 1 aromatic rings. The third-order valence-electron chi connectivity index (χ3n) is 2.26. The highest BCUT2D eigenvalue weighted by Gasteiger charge is 2.37. The van der Waals surface area contributed by atoms with Crippen molar-refractivity contribution in [1.82, 2.24) is 0 Å². The summed E-state index contributed by atoms with van der Waals surface area (Å²) in [7, 11) is 0. The van der Waals surface area contributed by atoms with E-state index in [2.05, 4.69) is 5.32 Å². The van der Waals surface area contributed by atoms with Gasteiger partial charge in [-0.15, -0.1) is 0 Å². The molecule has 1 aliphatic rings. The zero-order valence-electron chi connectivity index (χ0n) is 8.36. The monoisotopic (exact) mass is 251 g/mol. The molecule has 0 amide bonds. The summed E-state index contributed by atoms with van der Waals surface area (Å²) in [5.41, 5.74) is -0.549. The summed E-state index contributed by atoms with van der Waals surface area (Å²) in [6.45, 7) is 2.16. The summed E-state index contributed by atoms with van der Waals surface area (Å²) in [4.78, 5) is 0. The summed E-state index contributed by atoms with van der Waals surface area (Å²) in [6.07, 6.45) is -4.76. The van der Waals surface area contributed by atoms with Gasteiger partial charge in [0.15, 0.2) is 5.75 Å². The van der Waals surface area contributed by atoms with Gasteiger partial charge < -0.3 is 10.1 Å². The second-order valence-electron chi connectivity index (χ2n) is 3.64. The van der Waals surface area contributed by atoms with E-state index in [0.29, 0.717) is 6.54 Å². The van der Waals surface area contributed by atoms with Gasteiger partial charge in [0.05, 0.1) is 12.2 Å². The molecule has 0 saturated heterocycles. The van der Waals surface area contributed by atoms with E-state index >= 15 is 0 Å². The van der Waals surface area contributed by atoms with E-state index < -0.39 is 11.7 Å². The average molecular weight is 252 g/mol. The number of anilines is 1. The van der Waals surface area contributed by atoms with E-state index in [0.717, 1.165) is 6.07 Å². The van der Waals surface area contributed by atoms with Crippen LogP contribution in [0, 0.1) is 0 Å². The summed E-state index contributed by atoms with van der Waals surface area (Å²) in [6, 6.07) is 2.30. The molecule has 0 aliphatic carbocycles. The zero-order valence-corrected chi connectivity index (χ0v) is 9.12. The number of halogens is 4. The van der Waals surface area contributed by atoms with E-state index in [1.165, 1.54) is 6.07 Å². The molecule has 0 radical (unpaired) electrons. The first-order valence-electron chi connectivity index (χ1n) is 4.69. The van der Waals surface area contributed by atoms with Gasteiger partial charge in [0, 0.05) is 5.02 Å². The Morgan fingerprint density at radius 1 is 1.44 bits per heavy atom. The van der Waals surface area contributed by atoms with Crippen LogP contribution >= 0.6 is 11.6 Å². The maximum Gasteiger partial charge on any atom is 0.420 e. The van der Waals surface area contributed by atoms with Gasteiger partial charge in [-0.05, 0) is 19.1 Å². The van der Waals surface area contributed by atoms with Crippen molar-refractivity contribution in [3.05, 3.63) is 22.7 Å². The van der Waals surface area contributed by atoms with Crippen LogP contribution in [0.15, 0.2) is 12.1 Å². The Labute approximate surface area is 95.3 Å². The van der Waals surface area contributed by atoms with Crippen LogP contribution < -0.4 is 10.1 Å². The summed E-state index contributed by atoms with van der Waals surface area (Å²) >= 11 is 5.63. The van der Waals surface area contributed by atoms with Crippen molar-refractivity contribution < 1.29 is 17.9 Å². The molecule has 0 spiro atoms. The number of hydrogen-bond acceptors (Lipinski definition) is 2. The van der Waals surface area contributed by atoms with E-state index in [-0.39, 0.29) is 22.6 Å². The highest BCUT2D eigenvalue weighted by molar-refractivity contribution is 6.31. The number of rotatable bonds is 0. The number of benzene rings is 1. The Morgan fingerprint density at radius 3 is 2.75 bits per heavy atom. The van der Waals surface area contributed by atoms with Gasteiger partial charge in [0.2, 0.25) is 0 Å². The minimum atomic E-state index is -4.46. The van der Waals surface area contributed by atoms with Crippen LogP contribution in [0.2, 0.25) is 5.02 Å². The second-order valence-corrected chi connectivity index (χ2v) is 4.07. The molecule has 1 aromatic carbocycles. The minimum Gasteiger partial charge on any atom is -0.486 e. The Kier molecular flexibility index (Phi) is 2.66. The summed E-state index contributed by atoms with van der Waals surface area (Å²) in [5, 5.41) is 2.89. The topological polar surface area (TPSA) is 21.3 Å². The minimum absolute atomic E-state index is 0.0386. The van der Waals surface area contributed by atoms with Gasteiger partial charge in [-0.1, -0.05) is 11.6 Å². The van der Waals surface area contributed by atoms with Crippen LogP contribution in [0.5, 0.6) is 5.75 Å². The predicted molar refractivity (Wildman–Crippen MR) is 55.0 cm³/mol. The second kappa shape index (κ2) is 3.73. The van der Waals surface area contributed by atoms with E-state index in [9.17, 15) is 13.2 Å². The first-order valence-corrected chi connectivity index (χ1v) is 5.07. The third-order valence-corrected chi connectivity index (χ3v) is 2.48. The fourth-order valence-corrected chi connectivity index (χ4v) is 1.78. The van der Waals surface area contributed by atoms with Gasteiger partial charge in [-0.3, -0.25) is 0 Å². The molecule has 0 saturated carbocycles. The maximum atomic E-state index is 12.7. The van der Waals surface area contributed by atoms with Crippen LogP contribution in [0.1, 0.15) is 12.5 Å². The normalized spacial score (nSPS) is 19.7. The first-order chi connectivity index (χ1) is 7.38. The Bertz CT molecular complexity index is 419. The largest absolute Gasteiger partial charge is 0.486 e. The number of fused-ring (bicyclic) bond motifs is 1. The van der Waals surface area contributed by atoms with Crippen LogP contribution in [0.25, 0.3) is 0 Å². The number of ether oxygens (including phenoxy) is 1. The van der Waals surface area contributed by atoms with Gasteiger partial charge in [-0.25, -0.2) is 0 Å². The van der Waals surface area contributed by atoms with E-state index in [1.54, 1.807) is 6.92 Å². The molecule has 16 heavy (non-hydrogen) atoms. The van der Waals surface area contributed by atoms with Crippen LogP contribution in [-0.4, -0.2) is 12.6 Å². The Hall–Kier alpha value is -1.10. The highest BCUT2D eigenvalue weighted by atomic mass is 35.5. The van der Waals surface area contributed by atoms with Gasteiger partial charge >= 0.3 is 6.18 Å². The Morgan fingerprint density at radius 2 is 2.12 bits per heavy atom. The number of nitrogens with one attached hydrogen (secondary N) is 1. The summed E-state index contributed by atoms with van der Waals surface area (Å²) in [5.74, 6) is -0.171. The molecule has 2 rings (SSSR count). The van der Waals surface area contributed by atoms with E-state index in [1.807, 2.05) is 0 Å². The van der Waals surface area contributed by atoms with Gasteiger partial charge in [0.1, 0.15) is 11.7 Å². The fourth-order valence-electron chi connectivity index (χ4n) is 1.56. The smallest absolute Gasteiger partial charge is 0.420 e. The molecule has 0 aromatic heterocycles. The molecule has 1 atom stereocenters. The zero-order chi connectivity index (χ0) is 11.9. The van der Waals surface area contributed by atoms with Crippen molar-refractivity contribution in [2.75, 3.05) is 11.9 Å². The lowest BCUT2D eigenvalue weighted by Crippen LogP contribution is -2.29. The van der Waals surface area contributed by atoms with Crippen LogP contribution in [-0.2, 0) is 6.18 Å². The SMILES string of the molecule is CC1CNc2cc(Cl)cc(C(F)(F)F)c2O1. The molecule has 2 nitrogen and oxygen atoms in total. The van der Waals surface area contributed by atoms with Crippen molar-refractivity contribution in [2.45, 2.75) is 19.2 Å². The lowest BCUT2D eigenvalue weighted by Gasteiger charge is -2.27. The van der Waals surface area contributed by atoms with Crippen molar-refractivity contribution >= 4 is 17.3 Å². The molecule has 1 aliphatic heterocycles. The maximum absolute atomic E-state index is 12.7. The quantitative estimate of drug-likeness (QED) is 0.761. The molecule has 1 unspecified atom stereocenters. The molecule has 1 N–H and O–H groups in total. The molecular formula is C10H9ClF3NO. The van der Waals surface area contributed by atoms with Crippen molar-refractivity contribution in [1.29, 1.82) is 0 Å². The molecule has 6 heteroatoms. The van der Waals surface area contributed by atoms with Gasteiger partial charge in [0.25, 0.3) is 0 Å². The standard InChI is InChI=1S/C10H9ClF3NO/c1-5-4-15-8-3-6(11)2-7(9(8)16-5)10(12,13)14/h2-3,5,15H,4H2,1H3. The van der Waals surface area contributed by atoms with Crippen LogP contribution in [0.3, 0.4) is 0 Å². The highest BCUT2D eigenvalue weighted by Crippen LogP contribution is 2.44. The molecule has 0 fully saturated rings. The molecule has 1 heterocycles. The molecule has 88 valence electrons. The van der Waals surface area contributed by atoms with Crippen molar-refractivity contribution in [3.63, 3.8) is 0 Å². The lowest BCUT2D eigenvalue weighted by atomic mass is 10.1. The fraction of sp³-hybridized carbons (Fsp3) is 0.400. The Balaban J connectivity index is 2.56. The predicted octanol–water partition coefficient (Wildman–Crippen LogP) is 3.55. The molecule has 0 bridgehead atoms. The summed E-state index contributed by atoms with van der Waals surface area (Å²) < 4.78 is 43.4. The third kappa shape index (κ3) is 2.04. The van der Waals surface area contributed by atoms with Crippen molar-refractivity contribution in [3.8, 4) is 5.75 Å². The average Bonchev–Trinajstić information content (AvgIpc) is 2.16. The number of alkyl halides is 3. The van der Waals surface area contributed by atoms with Gasteiger partial charge in [-0.2, -0.15) is 13.2 Å². The van der Waals surface area contributed by atoms with Crippen LogP contribution in [0.4, 0.5) is 18.9 Å².